The van der Waals surface area contributed by atoms with Crippen molar-refractivity contribution in [3.8, 4) is 0 Å². The van der Waals surface area contributed by atoms with E-state index in [1.165, 1.54) is 38.5 Å². The lowest BCUT2D eigenvalue weighted by Gasteiger charge is -2.59. The van der Waals surface area contributed by atoms with Crippen molar-refractivity contribution in [2.24, 2.45) is 23.2 Å². The minimum atomic E-state index is 0.467. The molecule has 0 amide bonds. The normalized spacial score (nSPS) is 41.7. The molecule has 1 unspecified atom stereocenters. The summed E-state index contributed by atoms with van der Waals surface area (Å²) >= 11 is 0. The molecule has 1 atom stereocenters. The first kappa shape index (κ1) is 11.8. The molecular formula is C16H25N3. The number of rotatable bonds is 2. The lowest BCUT2D eigenvalue weighted by atomic mass is 9.48. The van der Waals surface area contributed by atoms with Gasteiger partial charge < -0.3 is 5.73 Å². The fourth-order valence-electron chi connectivity index (χ4n) is 5.80. The van der Waals surface area contributed by atoms with Crippen LogP contribution >= 0.6 is 0 Å². The lowest BCUT2D eigenvalue weighted by Crippen LogP contribution is -2.49. The number of nitrogens with zero attached hydrogens (tertiary/aromatic N) is 2. The van der Waals surface area contributed by atoms with E-state index in [4.69, 9.17) is 5.73 Å². The summed E-state index contributed by atoms with van der Waals surface area (Å²) in [6.45, 7) is 4.40. The van der Waals surface area contributed by atoms with Gasteiger partial charge in [0, 0.05) is 6.07 Å². The standard InChI is InChI=1S/C16H25N3/c1-10-3-15(17)19(18-10)11(2)16-7-12-4-13(8-16)6-14(5-12)9-16/h3,11-14H,4-9,17H2,1-2H3. The van der Waals surface area contributed by atoms with Crippen molar-refractivity contribution < 1.29 is 0 Å². The molecule has 0 saturated heterocycles. The van der Waals surface area contributed by atoms with E-state index in [0.717, 1.165) is 29.3 Å². The fraction of sp³-hybridized carbons (Fsp3) is 0.812. The highest BCUT2D eigenvalue weighted by molar-refractivity contribution is 5.31. The van der Waals surface area contributed by atoms with Crippen molar-refractivity contribution in [3.05, 3.63) is 11.8 Å². The zero-order valence-corrected chi connectivity index (χ0v) is 12.1. The van der Waals surface area contributed by atoms with Gasteiger partial charge in [-0.2, -0.15) is 5.10 Å². The quantitative estimate of drug-likeness (QED) is 0.882. The van der Waals surface area contributed by atoms with Gasteiger partial charge in [-0.05, 0) is 75.5 Å². The van der Waals surface area contributed by atoms with E-state index in [1.54, 1.807) is 0 Å². The molecule has 4 aliphatic carbocycles. The molecule has 3 heteroatoms. The maximum Gasteiger partial charge on any atom is 0.122 e. The van der Waals surface area contributed by atoms with Gasteiger partial charge in [0.05, 0.1) is 11.7 Å². The second-order valence-corrected chi connectivity index (χ2v) is 7.61. The Morgan fingerprint density at radius 3 is 2.16 bits per heavy atom. The molecular weight excluding hydrogens is 234 g/mol. The van der Waals surface area contributed by atoms with Crippen LogP contribution in [0.4, 0.5) is 5.82 Å². The van der Waals surface area contributed by atoms with E-state index in [9.17, 15) is 0 Å². The monoisotopic (exact) mass is 259 g/mol. The second-order valence-electron chi connectivity index (χ2n) is 7.61. The van der Waals surface area contributed by atoms with Gasteiger partial charge in [-0.3, -0.25) is 0 Å². The number of aromatic nitrogens is 2. The number of hydrogen-bond donors (Lipinski definition) is 1. The third kappa shape index (κ3) is 1.66. The molecule has 0 radical (unpaired) electrons. The van der Waals surface area contributed by atoms with Gasteiger partial charge in [0.1, 0.15) is 5.82 Å². The van der Waals surface area contributed by atoms with Crippen molar-refractivity contribution in [2.45, 2.75) is 58.4 Å². The zero-order chi connectivity index (χ0) is 13.2. The Labute approximate surface area is 115 Å². The molecule has 3 nitrogen and oxygen atoms in total. The largest absolute Gasteiger partial charge is 0.384 e. The van der Waals surface area contributed by atoms with Crippen molar-refractivity contribution >= 4 is 5.82 Å². The Morgan fingerprint density at radius 2 is 1.74 bits per heavy atom. The van der Waals surface area contributed by atoms with Crippen LogP contribution in [0.25, 0.3) is 0 Å². The molecule has 4 fully saturated rings. The molecule has 104 valence electrons. The van der Waals surface area contributed by atoms with E-state index in [1.807, 2.05) is 13.0 Å². The summed E-state index contributed by atoms with van der Waals surface area (Å²) in [6, 6.07) is 2.48. The Morgan fingerprint density at radius 1 is 1.21 bits per heavy atom. The number of nitrogens with two attached hydrogens (primary N) is 1. The first-order valence-corrected chi connectivity index (χ1v) is 7.87. The molecule has 4 aliphatic rings. The molecule has 4 saturated carbocycles. The molecule has 0 aliphatic heterocycles. The predicted molar refractivity (Wildman–Crippen MR) is 76.7 cm³/mol. The van der Waals surface area contributed by atoms with Gasteiger partial charge in [-0.15, -0.1) is 0 Å². The molecule has 0 aromatic carbocycles. The SMILES string of the molecule is Cc1cc(N)n(C(C)C23CC4CC(CC(C4)C2)C3)n1. The van der Waals surface area contributed by atoms with Crippen LogP contribution in [0.5, 0.6) is 0 Å². The van der Waals surface area contributed by atoms with E-state index in [-0.39, 0.29) is 0 Å². The molecule has 0 spiro atoms. The van der Waals surface area contributed by atoms with Gasteiger partial charge in [-0.25, -0.2) is 4.68 Å². The van der Waals surface area contributed by atoms with Crippen molar-refractivity contribution in [1.29, 1.82) is 0 Å². The maximum absolute atomic E-state index is 6.16. The van der Waals surface area contributed by atoms with Crippen molar-refractivity contribution in [2.75, 3.05) is 5.73 Å². The Kier molecular flexibility index (Phi) is 2.34. The highest BCUT2D eigenvalue weighted by atomic mass is 15.3. The van der Waals surface area contributed by atoms with Gasteiger partial charge in [-0.1, -0.05) is 0 Å². The van der Waals surface area contributed by atoms with Gasteiger partial charge in [0.15, 0.2) is 0 Å². The van der Waals surface area contributed by atoms with Crippen LogP contribution < -0.4 is 5.73 Å². The lowest BCUT2D eigenvalue weighted by molar-refractivity contribution is -0.0806. The first-order chi connectivity index (χ1) is 9.06. The number of anilines is 1. The molecule has 5 rings (SSSR count). The number of aryl methyl sites for hydroxylation is 1. The maximum atomic E-state index is 6.16. The minimum absolute atomic E-state index is 0.467. The summed E-state index contributed by atoms with van der Waals surface area (Å²) in [4.78, 5) is 0. The molecule has 4 bridgehead atoms. The minimum Gasteiger partial charge on any atom is -0.384 e. The summed E-state index contributed by atoms with van der Waals surface area (Å²) < 4.78 is 2.11. The van der Waals surface area contributed by atoms with Crippen LogP contribution in [-0.2, 0) is 0 Å². The third-order valence-electron chi connectivity index (χ3n) is 6.23. The van der Waals surface area contributed by atoms with Gasteiger partial charge in [0.2, 0.25) is 0 Å². The summed E-state index contributed by atoms with van der Waals surface area (Å²) in [5.41, 5.74) is 7.70. The summed E-state index contributed by atoms with van der Waals surface area (Å²) in [6.07, 6.45) is 8.74. The van der Waals surface area contributed by atoms with E-state index in [2.05, 4.69) is 16.7 Å². The number of nitrogen functional groups attached to an aromatic ring is 1. The summed E-state index contributed by atoms with van der Waals surface area (Å²) in [5.74, 6) is 3.82. The van der Waals surface area contributed by atoms with Crippen LogP contribution in [-0.4, -0.2) is 9.78 Å². The number of hydrogen-bond acceptors (Lipinski definition) is 2. The molecule has 2 N–H and O–H groups in total. The predicted octanol–water partition coefficient (Wildman–Crippen LogP) is 3.55. The highest BCUT2D eigenvalue weighted by Gasteiger charge is 2.53. The van der Waals surface area contributed by atoms with Gasteiger partial charge in [0.25, 0.3) is 0 Å². The first-order valence-electron chi connectivity index (χ1n) is 7.87. The Hall–Kier alpha value is -0.990. The van der Waals surface area contributed by atoms with Crippen molar-refractivity contribution in [1.82, 2.24) is 9.78 Å². The Bertz CT molecular complexity index is 467. The average molecular weight is 259 g/mol. The van der Waals surface area contributed by atoms with Crippen molar-refractivity contribution in [3.63, 3.8) is 0 Å². The van der Waals surface area contributed by atoms with E-state index in [0.29, 0.717) is 11.5 Å². The van der Waals surface area contributed by atoms with Crippen LogP contribution in [0, 0.1) is 30.1 Å². The molecule has 19 heavy (non-hydrogen) atoms. The van der Waals surface area contributed by atoms with Gasteiger partial charge >= 0.3 is 0 Å². The van der Waals surface area contributed by atoms with Crippen LogP contribution in [0.3, 0.4) is 0 Å². The average Bonchev–Trinajstić information content (AvgIpc) is 2.65. The van der Waals surface area contributed by atoms with Crippen LogP contribution in [0.15, 0.2) is 6.07 Å². The van der Waals surface area contributed by atoms with E-state index >= 15 is 0 Å². The molecule has 1 aromatic heterocycles. The summed E-state index contributed by atoms with van der Waals surface area (Å²) in [7, 11) is 0. The van der Waals surface area contributed by atoms with Crippen LogP contribution in [0.2, 0.25) is 0 Å². The fourth-order valence-corrected chi connectivity index (χ4v) is 5.80. The van der Waals surface area contributed by atoms with Crippen LogP contribution in [0.1, 0.15) is 57.2 Å². The second kappa shape index (κ2) is 3.77. The van der Waals surface area contributed by atoms with E-state index < -0.39 is 0 Å². The molecule has 1 aromatic rings. The highest BCUT2D eigenvalue weighted by Crippen LogP contribution is 2.63. The topological polar surface area (TPSA) is 43.8 Å². The third-order valence-corrected chi connectivity index (χ3v) is 6.23. The Balaban J connectivity index is 1.69. The zero-order valence-electron chi connectivity index (χ0n) is 12.1. The molecule has 1 heterocycles. The summed E-state index contributed by atoms with van der Waals surface area (Å²) in [5, 5.41) is 4.66. The smallest absolute Gasteiger partial charge is 0.122 e.